The molecular weight excluding hydrogens is 350 g/mol. The fraction of sp³-hybridized carbons (Fsp3) is 0.304. The molecular formula is C23H25N3O2. The fourth-order valence-corrected chi connectivity index (χ4v) is 3.91. The number of anilines is 1. The number of amides is 1. The molecule has 2 aliphatic rings. The fourth-order valence-electron chi connectivity index (χ4n) is 3.91. The summed E-state index contributed by atoms with van der Waals surface area (Å²) in [6.45, 7) is 7.43. The van der Waals surface area contributed by atoms with E-state index in [1.807, 2.05) is 50.2 Å². The summed E-state index contributed by atoms with van der Waals surface area (Å²) in [4.78, 5) is 26.0. The van der Waals surface area contributed by atoms with Crippen LogP contribution in [-0.4, -0.2) is 23.6 Å². The molecule has 1 amide bonds. The van der Waals surface area contributed by atoms with Gasteiger partial charge in [-0.3, -0.25) is 9.59 Å². The van der Waals surface area contributed by atoms with E-state index in [4.69, 9.17) is 0 Å². The average Bonchev–Trinajstić information content (AvgIpc) is 3.02. The van der Waals surface area contributed by atoms with Gasteiger partial charge in [-0.1, -0.05) is 6.07 Å². The summed E-state index contributed by atoms with van der Waals surface area (Å²) in [6, 6.07) is 9.87. The largest absolute Gasteiger partial charge is 0.386 e. The van der Waals surface area contributed by atoms with Gasteiger partial charge in [-0.2, -0.15) is 0 Å². The molecule has 0 bridgehead atoms. The van der Waals surface area contributed by atoms with Crippen LogP contribution in [0.15, 0.2) is 53.6 Å². The summed E-state index contributed by atoms with van der Waals surface area (Å²) < 4.78 is 1.76. The van der Waals surface area contributed by atoms with Gasteiger partial charge in [-0.25, -0.2) is 0 Å². The van der Waals surface area contributed by atoms with Crippen LogP contribution in [0.3, 0.4) is 0 Å². The third-order valence-electron chi connectivity index (χ3n) is 5.41. The lowest BCUT2D eigenvalue weighted by Crippen LogP contribution is -2.25. The van der Waals surface area contributed by atoms with E-state index in [0.29, 0.717) is 19.5 Å². The Kier molecular flexibility index (Phi) is 4.67. The predicted molar refractivity (Wildman–Crippen MR) is 113 cm³/mol. The number of carbonyl (C=O) groups excluding carboxylic acids is 1. The zero-order valence-electron chi connectivity index (χ0n) is 16.5. The summed E-state index contributed by atoms with van der Waals surface area (Å²) in [5.41, 5.74) is 6.47. The predicted octanol–water partition coefficient (Wildman–Crippen LogP) is 3.37. The monoisotopic (exact) mass is 375 g/mol. The molecule has 3 heterocycles. The maximum Gasteiger partial charge on any atom is 0.250 e. The minimum absolute atomic E-state index is 0.0163. The molecule has 5 heteroatoms. The van der Waals surface area contributed by atoms with Crippen molar-refractivity contribution in [3.8, 4) is 0 Å². The topological polar surface area (TPSA) is 54.3 Å². The van der Waals surface area contributed by atoms with E-state index in [1.165, 1.54) is 0 Å². The third kappa shape index (κ3) is 3.17. The van der Waals surface area contributed by atoms with Crippen molar-refractivity contribution in [2.75, 3.05) is 18.0 Å². The molecule has 2 aliphatic heterocycles. The minimum atomic E-state index is 0.0163. The van der Waals surface area contributed by atoms with E-state index in [-0.39, 0.29) is 17.5 Å². The summed E-state index contributed by atoms with van der Waals surface area (Å²) in [6.07, 6.45) is 6.58. The van der Waals surface area contributed by atoms with Gasteiger partial charge in [0.2, 0.25) is 5.91 Å². The first-order chi connectivity index (χ1) is 13.5. The molecule has 0 spiro atoms. The normalized spacial score (nSPS) is 16.0. The third-order valence-corrected chi connectivity index (χ3v) is 5.41. The Morgan fingerprint density at radius 2 is 1.89 bits per heavy atom. The summed E-state index contributed by atoms with van der Waals surface area (Å²) in [5.74, 6) is 0.164. The Balaban J connectivity index is 1.68. The Morgan fingerprint density at radius 3 is 2.64 bits per heavy atom. The lowest BCUT2D eigenvalue weighted by atomic mass is 9.96. The number of fused-ring (bicyclic) bond motifs is 1. The highest BCUT2D eigenvalue weighted by molar-refractivity contribution is 6.02. The molecule has 0 fully saturated rings. The van der Waals surface area contributed by atoms with Crippen molar-refractivity contribution in [2.45, 2.75) is 33.2 Å². The Morgan fingerprint density at radius 1 is 1.11 bits per heavy atom. The second-order valence-corrected chi connectivity index (χ2v) is 7.57. The first kappa shape index (κ1) is 18.3. The number of carbonyl (C=O) groups is 1. The number of dihydropyridines is 1. The van der Waals surface area contributed by atoms with Crippen LogP contribution in [0.4, 0.5) is 5.69 Å². The van der Waals surface area contributed by atoms with E-state index in [0.717, 1.165) is 33.5 Å². The van der Waals surface area contributed by atoms with Crippen molar-refractivity contribution >= 4 is 22.7 Å². The molecule has 0 aliphatic carbocycles. The van der Waals surface area contributed by atoms with E-state index >= 15 is 0 Å². The van der Waals surface area contributed by atoms with Crippen molar-refractivity contribution in [1.82, 2.24) is 9.88 Å². The zero-order chi connectivity index (χ0) is 19.8. The van der Waals surface area contributed by atoms with Gasteiger partial charge in [-0.05, 0) is 72.9 Å². The lowest BCUT2D eigenvalue weighted by molar-refractivity contribution is -0.117. The van der Waals surface area contributed by atoms with Gasteiger partial charge >= 0.3 is 0 Å². The van der Waals surface area contributed by atoms with Crippen LogP contribution in [0, 0.1) is 0 Å². The maximum absolute atomic E-state index is 12.2. The molecule has 0 atom stereocenters. The lowest BCUT2D eigenvalue weighted by Gasteiger charge is -2.19. The number of hydrogen-bond donors (Lipinski definition) is 1. The summed E-state index contributed by atoms with van der Waals surface area (Å²) in [7, 11) is 0. The standard InChI is InChI=1S/C23H25N3O2/c1-4-25-21-7-5-16(9-18(21)11-23(25)28)19-10-20(13-24-12-19)17-6-8-22(27)26(14-17)15(2)3/h5-10,12,14-15,24H,4,11,13H2,1-3H3. The first-order valence-corrected chi connectivity index (χ1v) is 9.78. The van der Waals surface area contributed by atoms with Gasteiger partial charge in [-0.15, -0.1) is 0 Å². The van der Waals surface area contributed by atoms with Crippen LogP contribution in [0.25, 0.3) is 11.1 Å². The van der Waals surface area contributed by atoms with Gasteiger partial charge in [0.1, 0.15) is 0 Å². The summed E-state index contributed by atoms with van der Waals surface area (Å²) >= 11 is 0. The van der Waals surface area contributed by atoms with Crippen LogP contribution in [0.1, 0.15) is 43.5 Å². The van der Waals surface area contributed by atoms with E-state index in [2.05, 4.69) is 23.5 Å². The number of nitrogens with zero attached hydrogens (tertiary/aromatic N) is 2. The van der Waals surface area contributed by atoms with Gasteiger partial charge in [0.05, 0.1) is 6.42 Å². The minimum Gasteiger partial charge on any atom is -0.386 e. The Hall–Kier alpha value is -3.08. The van der Waals surface area contributed by atoms with Crippen molar-refractivity contribution in [1.29, 1.82) is 0 Å². The molecule has 1 aromatic carbocycles. The van der Waals surface area contributed by atoms with Gasteiger partial charge < -0.3 is 14.8 Å². The van der Waals surface area contributed by atoms with Crippen LogP contribution in [0.5, 0.6) is 0 Å². The highest BCUT2D eigenvalue weighted by atomic mass is 16.2. The van der Waals surface area contributed by atoms with Crippen molar-refractivity contribution < 1.29 is 4.79 Å². The molecule has 1 N–H and O–H groups in total. The number of benzene rings is 1. The smallest absolute Gasteiger partial charge is 0.250 e. The quantitative estimate of drug-likeness (QED) is 0.891. The van der Waals surface area contributed by atoms with E-state index in [9.17, 15) is 9.59 Å². The highest BCUT2D eigenvalue weighted by Crippen LogP contribution is 2.33. The average molecular weight is 375 g/mol. The second kappa shape index (κ2) is 7.15. The molecule has 0 saturated heterocycles. The van der Waals surface area contributed by atoms with Crippen LogP contribution < -0.4 is 15.8 Å². The molecule has 28 heavy (non-hydrogen) atoms. The number of aromatic nitrogens is 1. The molecule has 0 radical (unpaired) electrons. The number of allylic oxidation sites excluding steroid dienone is 2. The molecule has 2 aromatic rings. The zero-order valence-corrected chi connectivity index (χ0v) is 16.5. The summed E-state index contributed by atoms with van der Waals surface area (Å²) in [5, 5.41) is 3.35. The number of likely N-dealkylation sites (N-methyl/N-ethyl adjacent to an activating group) is 1. The molecule has 0 saturated carbocycles. The number of nitrogens with one attached hydrogen (secondary N) is 1. The SMILES string of the molecule is CCN1C(=O)Cc2cc(C3=CNCC(c4ccc(=O)n(C(C)C)c4)=C3)ccc21. The van der Waals surface area contributed by atoms with Gasteiger partial charge in [0, 0.05) is 43.3 Å². The van der Waals surface area contributed by atoms with Gasteiger partial charge in [0.15, 0.2) is 0 Å². The number of pyridine rings is 1. The van der Waals surface area contributed by atoms with Crippen molar-refractivity contribution in [3.63, 3.8) is 0 Å². The highest BCUT2D eigenvalue weighted by Gasteiger charge is 2.26. The van der Waals surface area contributed by atoms with Gasteiger partial charge in [0.25, 0.3) is 5.56 Å². The molecule has 5 nitrogen and oxygen atoms in total. The number of rotatable bonds is 4. The number of hydrogen-bond acceptors (Lipinski definition) is 3. The molecule has 0 unspecified atom stereocenters. The van der Waals surface area contributed by atoms with Crippen molar-refractivity contribution in [3.05, 3.63) is 75.8 Å². The van der Waals surface area contributed by atoms with E-state index in [1.54, 1.807) is 10.6 Å². The van der Waals surface area contributed by atoms with Crippen LogP contribution in [-0.2, 0) is 11.2 Å². The van der Waals surface area contributed by atoms with Crippen molar-refractivity contribution in [2.24, 2.45) is 0 Å². The van der Waals surface area contributed by atoms with Crippen LogP contribution >= 0.6 is 0 Å². The molecule has 1 aromatic heterocycles. The molecule has 4 rings (SSSR count). The second-order valence-electron chi connectivity index (χ2n) is 7.57. The Bertz CT molecular complexity index is 1060. The first-order valence-electron chi connectivity index (χ1n) is 9.78. The Labute approximate surface area is 165 Å². The molecule has 144 valence electrons. The van der Waals surface area contributed by atoms with Crippen LogP contribution in [0.2, 0.25) is 0 Å². The van der Waals surface area contributed by atoms with E-state index < -0.39 is 0 Å². The maximum atomic E-state index is 12.2.